The number of carbonyl (C=O) groups excluding carboxylic acids is 1. The lowest BCUT2D eigenvalue weighted by molar-refractivity contribution is -0.296. The van der Waals surface area contributed by atoms with Gasteiger partial charge in [-0.15, -0.1) is 0 Å². The highest BCUT2D eigenvalue weighted by Gasteiger charge is 2.66. The summed E-state index contributed by atoms with van der Waals surface area (Å²) in [6.45, 7) is 0. The van der Waals surface area contributed by atoms with E-state index in [4.69, 9.17) is 0 Å². The van der Waals surface area contributed by atoms with Gasteiger partial charge in [-0.25, -0.2) is 4.79 Å². The van der Waals surface area contributed by atoms with Crippen LogP contribution in [-0.2, 0) is 5.92 Å². The summed E-state index contributed by atoms with van der Waals surface area (Å²) in [6.07, 6.45) is -4.58. The molecule has 0 spiro atoms. The first kappa shape index (κ1) is 13.4. The molecule has 0 saturated heterocycles. The van der Waals surface area contributed by atoms with Crippen LogP contribution in [0.4, 0.5) is 28.0 Å². The predicted octanol–water partition coefficient (Wildman–Crippen LogP) is 2.86. The molecule has 0 saturated carbocycles. The lowest BCUT2D eigenvalue weighted by Crippen LogP contribution is -2.37. The lowest BCUT2D eigenvalue weighted by atomic mass is 10.1. The van der Waals surface area contributed by atoms with Crippen molar-refractivity contribution in [3.05, 3.63) is 23.8 Å². The highest BCUT2D eigenvalue weighted by atomic mass is 19.3. The van der Waals surface area contributed by atoms with Gasteiger partial charge in [-0.05, 0) is 18.2 Å². The smallest absolute Gasteiger partial charge is 0.427 e. The molecular formula is C11H10F4N2O2. The maximum atomic E-state index is 13.4. The number of carbonyl (C=O) groups is 1. The van der Waals surface area contributed by atoms with E-state index in [-0.39, 0.29) is 5.69 Å². The van der Waals surface area contributed by atoms with Crippen molar-refractivity contribution >= 4 is 11.7 Å². The van der Waals surface area contributed by atoms with Crippen LogP contribution >= 0.6 is 0 Å². The Hall–Kier alpha value is -1.99. The lowest BCUT2D eigenvalue weighted by Gasteiger charge is -2.16. The summed E-state index contributed by atoms with van der Waals surface area (Å²) in [5.74, 6) is -5.03. The molecule has 1 aliphatic rings. The molecule has 4 nitrogen and oxygen atoms in total. The molecule has 2 amide bonds. The van der Waals surface area contributed by atoms with Gasteiger partial charge in [-0.2, -0.15) is 17.6 Å². The Bertz CT molecular complexity index is 531. The molecule has 0 aromatic heterocycles. The molecule has 1 N–H and O–H groups in total. The van der Waals surface area contributed by atoms with Gasteiger partial charge < -0.3 is 15.0 Å². The standard InChI is InChI=1S/C11H10F4N2O2/c1-17(2)9(18)16-6-3-4-8-7(5-6)10(12,13)11(14,15)19-8/h3-5H,1-2H3,(H,16,18). The Balaban J connectivity index is 2.34. The quantitative estimate of drug-likeness (QED) is 0.802. The highest BCUT2D eigenvalue weighted by Crippen LogP contribution is 2.53. The van der Waals surface area contributed by atoms with Crippen molar-refractivity contribution in [1.82, 2.24) is 4.90 Å². The predicted molar refractivity (Wildman–Crippen MR) is 58.6 cm³/mol. The molecule has 19 heavy (non-hydrogen) atoms. The minimum absolute atomic E-state index is 0.0153. The van der Waals surface area contributed by atoms with Crippen LogP contribution in [0.2, 0.25) is 0 Å². The van der Waals surface area contributed by atoms with E-state index in [0.29, 0.717) is 0 Å². The Morgan fingerprint density at radius 3 is 2.47 bits per heavy atom. The van der Waals surface area contributed by atoms with Crippen LogP contribution in [0.3, 0.4) is 0 Å². The molecule has 8 heteroatoms. The van der Waals surface area contributed by atoms with Crippen molar-refractivity contribution in [1.29, 1.82) is 0 Å². The maximum Gasteiger partial charge on any atom is 0.469 e. The monoisotopic (exact) mass is 278 g/mol. The molecular weight excluding hydrogens is 268 g/mol. The summed E-state index contributed by atoms with van der Waals surface area (Å²) in [5, 5.41) is 2.29. The molecule has 0 aliphatic carbocycles. The van der Waals surface area contributed by atoms with Crippen molar-refractivity contribution in [2.75, 3.05) is 19.4 Å². The van der Waals surface area contributed by atoms with Crippen LogP contribution in [0.5, 0.6) is 5.75 Å². The van der Waals surface area contributed by atoms with Gasteiger partial charge in [0.25, 0.3) is 0 Å². The SMILES string of the molecule is CN(C)C(=O)Nc1ccc2c(c1)C(F)(F)C(F)(F)O2. The average Bonchev–Trinajstić information content (AvgIpc) is 2.46. The Morgan fingerprint density at radius 1 is 1.26 bits per heavy atom. The third-order valence-electron chi connectivity index (χ3n) is 2.58. The first-order chi connectivity index (χ1) is 8.65. The van der Waals surface area contributed by atoms with Gasteiger partial charge in [0, 0.05) is 19.8 Å². The normalized spacial score (nSPS) is 18.4. The molecule has 0 bridgehead atoms. The molecule has 0 radical (unpaired) electrons. The summed E-state index contributed by atoms with van der Waals surface area (Å²) in [4.78, 5) is 12.5. The number of hydrogen-bond donors (Lipinski definition) is 1. The zero-order valence-electron chi connectivity index (χ0n) is 10.0. The van der Waals surface area contributed by atoms with E-state index < -0.39 is 29.4 Å². The number of benzene rings is 1. The fraction of sp³-hybridized carbons (Fsp3) is 0.364. The number of hydrogen-bond acceptors (Lipinski definition) is 2. The number of fused-ring (bicyclic) bond motifs is 1. The van der Waals surface area contributed by atoms with Crippen molar-refractivity contribution in [2.45, 2.75) is 12.0 Å². The van der Waals surface area contributed by atoms with Gasteiger partial charge in [0.1, 0.15) is 5.75 Å². The van der Waals surface area contributed by atoms with Crippen LogP contribution in [0, 0.1) is 0 Å². The number of nitrogens with one attached hydrogen (secondary N) is 1. The van der Waals surface area contributed by atoms with Crippen LogP contribution < -0.4 is 10.1 Å². The number of amides is 2. The molecule has 2 rings (SSSR count). The molecule has 1 aromatic carbocycles. The van der Waals surface area contributed by atoms with E-state index in [2.05, 4.69) is 10.1 Å². The van der Waals surface area contributed by atoms with Crippen molar-refractivity contribution in [3.8, 4) is 5.75 Å². The highest BCUT2D eigenvalue weighted by molar-refractivity contribution is 5.89. The number of alkyl halides is 4. The van der Waals surface area contributed by atoms with Gasteiger partial charge in [-0.1, -0.05) is 0 Å². The minimum atomic E-state index is -4.58. The zero-order chi connectivity index (χ0) is 14.4. The fourth-order valence-electron chi connectivity index (χ4n) is 1.54. The number of nitrogens with zero attached hydrogens (tertiary/aromatic N) is 1. The van der Waals surface area contributed by atoms with Gasteiger partial charge in [0.2, 0.25) is 0 Å². The minimum Gasteiger partial charge on any atom is -0.427 e. The summed E-state index contributed by atoms with van der Waals surface area (Å²) in [6, 6.07) is 2.39. The number of halogens is 4. The Labute approximate surface area is 105 Å². The number of ether oxygens (including phenoxy) is 1. The zero-order valence-corrected chi connectivity index (χ0v) is 10.0. The summed E-state index contributed by atoms with van der Waals surface area (Å²) < 4.78 is 56.6. The van der Waals surface area contributed by atoms with Crippen molar-refractivity contribution in [2.24, 2.45) is 0 Å². The second kappa shape index (κ2) is 4.01. The van der Waals surface area contributed by atoms with E-state index in [1.807, 2.05) is 0 Å². The Morgan fingerprint density at radius 2 is 1.89 bits per heavy atom. The topological polar surface area (TPSA) is 41.6 Å². The van der Waals surface area contributed by atoms with Crippen LogP contribution in [0.25, 0.3) is 0 Å². The first-order valence-electron chi connectivity index (χ1n) is 5.22. The fourth-order valence-corrected chi connectivity index (χ4v) is 1.54. The molecule has 0 atom stereocenters. The largest absolute Gasteiger partial charge is 0.469 e. The summed E-state index contributed by atoms with van der Waals surface area (Å²) in [5.41, 5.74) is -0.965. The summed E-state index contributed by atoms with van der Waals surface area (Å²) >= 11 is 0. The molecule has 1 heterocycles. The van der Waals surface area contributed by atoms with Gasteiger partial charge in [0.05, 0.1) is 5.56 Å². The first-order valence-corrected chi connectivity index (χ1v) is 5.22. The van der Waals surface area contributed by atoms with E-state index in [0.717, 1.165) is 12.1 Å². The number of urea groups is 1. The van der Waals surface area contributed by atoms with Gasteiger partial charge in [-0.3, -0.25) is 0 Å². The van der Waals surface area contributed by atoms with Crippen LogP contribution in [-0.4, -0.2) is 31.1 Å². The molecule has 104 valence electrons. The van der Waals surface area contributed by atoms with E-state index in [1.165, 1.54) is 25.1 Å². The van der Waals surface area contributed by atoms with E-state index >= 15 is 0 Å². The van der Waals surface area contributed by atoms with Gasteiger partial charge in [0.15, 0.2) is 0 Å². The van der Waals surface area contributed by atoms with Crippen LogP contribution in [0.1, 0.15) is 5.56 Å². The number of anilines is 1. The van der Waals surface area contributed by atoms with Gasteiger partial charge >= 0.3 is 18.1 Å². The molecule has 0 fully saturated rings. The third-order valence-corrected chi connectivity index (χ3v) is 2.58. The molecule has 1 aliphatic heterocycles. The second-order valence-electron chi connectivity index (χ2n) is 4.23. The van der Waals surface area contributed by atoms with Crippen molar-refractivity contribution in [3.63, 3.8) is 0 Å². The Kier molecular flexibility index (Phi) is 2.83. The van der Waals surface area contributed by atoms with Crippen molar-refractivity contribution < 1.29 is 27.1 Å². The number of rotatable bonds is 1. The second-order valence-corrected chi connectivity index (χ2v) is 4.23. The van der Waals surface area contributed by atoms with E-state index in [1.54, 1.807) is 0 Å². The van der Waals surface area contributed by atoms with Crippen LogP contribution in [0.15, 0.2) is 18.2 Å². The summed E-state index contributed by atoms with van der Waals surface area (Å²) in [7, 11) is 2.91. The third kappa shape index (κ3) is 2.06. The maximum absolute atomic E-state index is 13.4. The van der Waals surface area contributed by atoms with E-state index in [9.17, 15) is 22.4 Å². The average molecular weight is 278 g/mol. The molecule has 0 unspecified atom stereocenters. The molecule has 1 aromatic rings.